The van der Waals surface area contributed by atoms with Crippen LogP contribution in [0.25, 0.3) is 0 Å². The number of hydrogen-bond donors (Lipinski definition) is 3. The molecule has 4 rings (SSSR count). The van der Waals surface area contributed by atoms with E-state index in [9.17, 15) is 20.1 Å². The summed E-state index contributed by atoms with van der Waals surface area (Å²) in [5, 5.41) is 31.1. The molecule has 29 heavy (non-hydrogen) atoms. The number of ketones is 1. The van der Waals surface area contributed by atoms with Gasteiger partial charge in [0.15, 0.2) is 5.78 Å². The van der Waals surface area contributed by atoms with E-state index in [1.807, 2.05) is 13.0 Å². The van der Waals surface area contributed by atoms with Gasteiger partial charge in [0.2, 0.25) is 0 Å². The van der Waals surface area contributed by atoms with E-state index in [1.54, 1.807) is 19.1 Å². The molecular weight excluding hydrogens is 364 g/mol. The summed E-state index contributed by atoms with van der Waals surface area (Å²) < 4.78 is 0. The van der Waals surface area contributed by atoms with Gasteiger partial charge in [-0.1, -0.05) is 36.3 Å². The van der Waals surface area contributed by atoms with E-state index in [2.05, 4.69) is 13.0 Å². The van der Waals surface area contributed by atoms with E-state index in [1.165, 1.54) is 11.1 Å². The molecule has 4 heteroatoms. The molecule has 160 valence electrons. The molecule has 0 aromatic carbocycles. The Kier molecular flexibility index (Phi) is 5.42. The molecule has 4 aliphatic carbocycles. The van der Waals surface area contributed by atoms with E-state index < -0.39 is 17.8 Å². The fourth-order valence-electron chi connectivity index (χ4n) is 6.95. The lowest BCUT2D eigenvalue weighted by Crippen LogP contribution is -2.45. The Hall–Kier alpha value is -1.23. The van der Waals surface area contributed by atoms with Crippen LogP contribution in [0.4, 0.5) is 0 Å². The van der Waals surface area contributed by atoms with Crippen molar-refractivity contribution in [1.29, 1.82) is 0 Å². The van der Waals surface area contributed by atoms with Crippen molar-refractivity contribution in [2.75, 3.05) is 0 Å². The molecule has 0 aromatic heterocycles. The van der Waals surface area contributed by atoms with Crippen LogP contribution in [-0.2, 0) is 4.79 Å². The molecule has 0 amide bonds. The van der Waals surface area contributed by atoms with Crippen molar-refractivity contribution >= 4 is 5.78 Å². The standard InChI is InChI=1S/C25H36O4/c1-15(26)8-11-25(3,29)23-7-6-21-20-14-22(28)17-12-16(4-5-18(27)13-17)19(20)9-10-24(21,23)2/h4,8,11,14-15,17-19,21,23,26-27,29H,5-7,9-10,12-13H2,1-3H3/b11-8+/t15-,17+,18+,19-,21+,23?,24+,25+/m1/s1. The van der Waals surface area contributed by atoms with Gasteiger partial charge in [0.05, 0.1) is 17.8 Å². The summed E-state index contributed by atoms with van der Waals surface area (Å²) >= 11 is 0. The summed E-state index contributed by atoms with van der Waals surface area (Å²) in [6, 6.07) is 0. The Balaban J connectivity index is 1.67. The van der Waals surface area contributed by atoms with E-state index in [4.69, 9.17) is 0 Å². The third-order valence-corrected chi connectivity index (χ3v) is 8.38. The summed E-state index contributed by atoms with van der Waals surface area (Å²) in [5.41, 5.74) is 1.62. The predicted molar refractivity (Wildman–Crippen MR) is 113 cm³/mol. The van der Waals surface area contributed by atoms with Crippen LogP contribution in [0.3, 0.4) is 0 Å². The molecule has 2 fully saturated rings. The maximum absolute atomic E-state index is 13.0. The molecule has 2 saturated carbocycles. The molecule has 0 spiro atoms. The normalized spacial score (nSPS) is 42.8. The largest absolute Gasteiger partial charge is 0.393 e. The van der Waals surface area contributed by atoms with Gasteiger partial charge in [-0.15, -0.1) is 0 Å². The molecule has 0 aliphatic heterocycles. The Bertz CT molecular complexity index is 759. The number of carbonyl (C=O) groups is 1. The summed E-state index contributed by atoms with van der Waals surface area (Å²) in [6.45, 7) is 5.86. The summed E-state index contributed by atoms with van der Waals surface area (Å²) in [7, 11) is 0. The van der Waals surface area contributed by atoms with Gasteiger partial charge in [0.25, 0.3) is 0 Å². The number of fused-ring (bicyclic) bond motifs is 6. The van der Waals surface area contributed by atoms with Crippen LogP contribution in [0.2, 0.25) is 0 Å². The molecular formula is C25H36O4. The van der Waals surface area contributed by atoms with Crippen LogP contribution in [0.5, 0.6) is 0 Å². The SMILES string of the molecule is C[C@@H](O)/C=C/[C@](C)(O)C1CC[C@H]2C3=CC(=O)[C@H]4CC(=CC[C@H](O)C4)[C@H]3CC[C@]12C. The second-order valence-corrected chi connectivity index (χ2v) is 10.5. The van der Waals surface area contributed by atoms with Crippen molar-refractivity contribution in [1.82, 2.24) is 0 Å². The van der Waals surface area contributed by atoms with Crippen LogP contribution in [-0.4, -0.2) is 38.9 Å². The Morgan fingerprint density at radius 2 is 2.07 bits per heavy atom. The van der Waals surface area contributed by atoms with Crippen LogP contribution >= 0.6 is 0 Å². The zero-order chi connectivity index (χ0) is 21.0. The lowest BCUT2D eigenvalue weighted by atomic mass is 9.57. The van der Waals surface area contributed by atoms with Crippen LogP contribution < -0.4 is 0 Å². The van der Waals surface area contributed by atoms with Crippen molar-refractivity contribution in [3.63, 3.8) is 0 Å². The number of aliphatic hydroxyl groups is 3. The molecule has 0 heterocycles. The maximum Gasteiger partial charge on any atom is 0.159 e. The summed E-state index contributed by atoms with van der Waals surface area (Å²) in [4.78, 5) is 13.0. The van der Waals surface area contributed by atoms with Gasteiger partial charge >= 0.3 is 0 Å². The smallest absolute Gasteiger partial charge is 0.159 e. The second kappa shape index (κ2) is 7.47. The lowest BCUT2D eigenvalue weighted by molar-refractivity contribution is -0.119. The molecule has 0 aromatic rings. The number of aliphatic hydroxyl groups excluding tert-OH is 2. The fourth-order valence-corrected chi connectivity index (χ4v) is 6.95. The molecule has 4 nitrogen and oxygen atoms in total. The van der Waals surface area contributed by atoms with Crippen molar-refractivity contribution in [2.24, 2.45) is 29.1 Å². The topological polar surface area (TPSA) is 77.8 Å². The van der Waals surface area contributed by atoms with Gasteiger partial charge in [-0.05, 0) is 82.1 Å². The Morgan fingerprint density at radius 3 is 2.79 bits per heavy atom. The highest BCUT2D eigenvalue weighted by Crippen LogP contribution is 2.63. The lowest BCUT2D eigenvalue weighted by Gasteiger charge is -2.49. The van der Waals surface area contributed by atoms with Gasteiger partial charge in [-0.25, -0.2) is 0 Å². The van der Waals surface area contributed by atoms with Crippen LogP contribution in [0.1, 0.15) is 65.7 Å². The first-order valence-corrected chi connectivity index (χ1v) is 11.3. The van der Waals surface area contributed by atoms with Crippen LogP contribution in [0.15, 0.2) is 35.5 Å². The van der Waals surface area contributed by atoms with Crippen LogP contribution in [0, 0.1) is 29.1 Å². The number of carbonyl (C=O) groups excluding carboxylic acids is 1. The third-order valence-electron chi connectivity index (χ3n) is 8.38. The van der Waals surface area contributed by atoms with E-state index in [0.717, 1.165) is 32.1 Å². The molecule has 0 saturated heterocycles. The highest BCUT2D eigenvalue weighted by atomic mass is 16.3. The minimum atomic E-state index is -0.973. The zero-order valence-corrected chi connectivity index (χ0v) is 18.0. The molecule has 1 unspecified atom stereocenters. The first-order chi connectivity index (χ1) is 13.6. The molecule has 8 atom stereocenters. The van der Waals surface area contributed by atoms with Gasteiger partial charge in [0.1, 0.15) is 0 Å². The maximum atomic E-state index is 13.0. The number of hydrogen-bond acceptors (Lipinski definition) is 4. The minimum absolute atomic E-state index is 0.0519. The van der Waals surface area contributed by atoms with Gasteiger partial charge in [0, 0.05) is 11.8 Å². The number of allylic oxidation sites excluding steroid dienone is 3. The second-order valence-electron chi connectivity index (χ2n) is 10.5. The predicted octanol–water partition coefficient (Wildman–Crippen LogP) is 3.71. The highest BCUT2D eigenvalue weighted by Gasteiger charge is 2.57. The van der Waals surface area contributed by atoms with Crippen molar-refractivity contribution < 1.29 is 20.1 Å². The van der Waals surface area contributed by atoms with Gasteiger partial charge in [-0.3, -0.25) is 4.79 Å². The minimum Gasteiger partial charge on any atom is -0.393 e. The summed E-state index contributed by atoms with van der Waals surface area (Å²) in [6.07, 6.45) is 12.6. The van der Waals surface area contributed by atoms with E-state index >= 15 is 0 Å². The van der Waals surface area contributed by atoms with Gasteiger partial charge in [-0.2, -0.15) is 0 Å². The Labute approximate surface area is 174 Å². The number of rotatable bonds is 3. The third kappa shape index (κ3) is 3.68. The van der Waals surface area contributed by atoms with Crippen molar-refractivity contribution in [2.45, 2.75) is 83.5 Å². The molecule has 0 radical (unpaired) electrons. The molecule has 2 bridgehead atoms. The van der Waals surface area contributed by atoms with Crippen molar-refractivity contribution in [3.05, 3.63) is 35.5 Å². The van der Waals surface area contributed by atoms with Crippen molar-refractivity contribution in [3.8, 4) is 0 Å². The zero-order valence-electron chi connectivity index (χ0n) is 18.0. The summed E-state index contributed by atoms with van der Waals surface area (Å²) in [5.74, 6) is 0.838. The monoisotopic (exact) mass is 400 g/mol. The first kappa shape index (κ1) is 21.0. The van der Waals surface area contributed by atoms with E-state index in [0.29, 0.717) is 24.7 Å². The molecule has 4 aliphatic rings. The fraction of sp³-hybridized carbons (Fsp3) is 0.720. The average molecular weight is 401 g/mol. The Morgan fingerprint density at radius 1 is 1.31 bits per heavy atom. The van der Waals surface area contributed by atoms with Gasteiger partial charge < -0.3 is 15.3 Å². The molecule has 3 N–H and O–H groups in total. The first-order valence-electron chi connectivity index (χ1n) is 11.3. The quantitative estimate of drug-likeness (QED) is 0.631. The van der Waals surface area contributed by atoms with E-state index in [-0.39, 0.29) is 23.0 Å². The highest BCUT2D eigenvalue weighted by molar-refractivity contribution is 5.93. The average Bonchev–Trinajstić information content (AvgIpc) is 2.81.